The zero-order chi connectivity index (χ0) is 37.0. The molecule has 0 bridgehead atoms. The van der Waals surface area contributed by atoms with Crippen LogP contribution in [0.1, 0.15) is 18.1 Å². The van der Waals surface area contributed by atoms with Crippen LogP contribution >= 0.6 is 0 Å². The molecular formula is C53H43N. The first-order valence-corrected chi connectivity index (χ1v) is 18.7. The minimum Gasteiger partial charge on any atom is -0.308 e. The van der Waals surface area contributed by atoms with Gasteiger partial charge >= 0.3 is 0 Å². The van der Waals surface area contributed by atoms with E-state index < -0.39 is 0 Å². The standard InChI is InChI=1S/C50H37N.C3H6/c1-34-18-22-39(23-19-34)44-15-9-16-45(40-24-20-35(2)21-25-40)50(44)51-48-17-7-6-14-46(48)47-33-43(30-31-49(47)51)38-28-26-37(27-29-38)42-13-8-12-41(32-42)36-10-4-3-5-11-36;1-3-2/h3-33H,1-2H3;3H,1H2,2H3. The number of hydrogen-bond acceptors (Lipinski definition) is 0. The van der Waals surface area contributed by atoms with Crippen molar-refractivity contribution in [3.8, 4) is 61.3 Å². The van der Waals surface area contributed by atoms with E-state index in [9.17, 15) is 0 Å². The van der Waals surface area contributed by atoms with Gasteiger partial charge in [0.05, 0.1) is 16.7 Å². The second-order valence-electron chi connectivity index (χ2n) is 14.0. The van der Waals surface area contributed by atoms with Crippen molar-refractivity contribution in [2.75, 3.05) is 0 Å². The van der Waals surface area contributed by atoms with Gasteiger partial charge < -0.3 is 4.57 Å². The lowest BCUT2D eigenvalue weighted by atomic mass is 9.94. The number of para-hydroxylation sites is 2. The van der Waals surface area contributed by atoms with E-state index in [1.807, 2.05) is 6.92 Å². The second kappa shape index (κ2) is 15.1. The third-order valence-electron chi connectivity index (χ3n) is 10.2. The molecule has 0 N–H and O–H groups in total. The fraction of sp³-hybridized carbons (Fsp3) is 0.0566. The van der Waals surface area contributed by atoms with Crippen LogP contribution in [0.3, 0.4) is 0 Å². The Balaban J connectivity index is 0.00000134. The summed E-state index contributed by atoms with van der Waals surface area (Å²) in [6.07, 6.45) is 1.75. The Hall–Kier alpha value is -6.70. The number of allylic oxidation sites excluding steroid dienone is 1. The van der Waals surface area contributed by atoms with Crippen molar-refractivity contribution in [2.24, 2.45) is 0 Å². The van der Waals surface area contributed by atoms with Gasteiger partial charge in [0.25, 0.3) is 0 Å². The number of benzene rings is 8. The Kier molecular flexibility index (Phi) is 9.62. The van der Waals surface area contributed by atoms with Crippen molar-refractivity contribution in [1.82, 2.24) is 4.57 Å². The van der Waals surface area contributed by atoms with Crippen molar-refractivity contribution in [1.29, 1.82) is 0 Å². The monoisotopic (exact) mass is 693 g/mol. The summed E-state index contributed by atoms with van der Waals surface area (Å²) in [7, 11) is 0. The Morgan fingerprint density at radius 2 is 0.778 bits per heavy atom. The molecule has 0 saturated carbocycles. The van der Waals surface area contributed by atoms with E-state index in [2.05, 4.69) is 213 Å². The number of rotatable bonds is 6. The maximum Gasteiger partial charge on any atom is 0.0618 e. The quantitative estimate of drug-likeness (QED) is 0.153. The van der Waals surface area contributed by atoms with Crippen molar-refractivity contribution in [2.45, 2.75) is 20.8 Å². The number of aryl methyl sites for hydroxylation is 2. The molecule has 1 nitrogen and oxygen atoms in total. The fourth-order valence-electron chi connectivity index (χ4n) is 7.47. The summed E-state index contributed by atoms with van der Waals surface area (Å²) in [5, 5.41) is 2.49. The first-order valence-electron chi connectivity index (χ1n) is 18.7. The van der Waals surface area contributed by atoms with Crippen molar-refractivity contribution >= 4 is 21.8 Å². The van der Waals surface area contributed by atoms with Crippen molar-refractivity contribution < 1.29 is 0 Å². The molecule has 0 aliphatic carbocycles. The molecule has 0 aliphatic heterocycles. The molecule has 0 spiro atoms. The lowest BCUT2D eigenvalue weighted by Crippen LogP contribution is -2.00. The fourth-order valence-corrected chi connectivity index (χ4v) is 7.47. The Bertz CT molecular complexity index is 2650. The molecule has 8 aromatic carbocycles. The maximum absolute atomic E-state index is 3.36. The molecule has 260 valence electrons. The predicted octanol–water partition coefficient (Wildman–Crippen LogP) is 14.9. The van der Waals surface area contributed by atoms with Gasteiger partial charge in [-0.15, -0.1) is 6.58 Å². The number of hydrogen-bond donors (Lipinski definition) is 0. The summed E-state index contributed by atoms with van der Waals surface area (Å²) in [6, 6.07) is 68.8. The summed E-state index contributed by atoms with van der Waals surface area (Å²) in [5.74, 6) is 0. The molecule has 9 aromatic rings. The van der Waals surface area contributed by atoms with Crippen LogP contribution in [0.25, 0.3) is 83.1 Å². The highest BCUT2D eigenvalue weighted by molar-refractivity contribution is 6.11. The van der Waals surface area contributed by atoms with Gasteiger partial charge in [-0.05, 0) is 89.5 Å². The van der Waals surface area contributed by atoms with E-state index in [4.69, 9.17) is 0 Å². The van der Waals surface area contributed by atoms with Crippen LogP contribution in [0, 0.1) is 13.8 Å². The summed E-state index contributed by atoms with van der Waals surface area (Å²) in [5.41, 5.74) is 18.3. The van der Waals surface area contributed by atoms with Crippen molar-refractivity contribution in [3.05, 3.63) is 212 Å². The number of nitrogens with zero attached hydrogens (tertiary/aromatic N) is 1. The van der Waals surface area contributed by atoms with E-state index in [1.165, 1.54) is 94.3 Å². The lowest BCUT2D eigenvalue weighted by Gasteiger charge is -2.19. The average Bonchev–Trinajstić information content (AvgIpc) is 3.55. The molecular weight excluding hydrogens is 651 g/mol. The molecule has 0 amide bonds. The van der Waals surface area contributed by atoms with E-state index >= 15 is 0 Å². The summed E-state index contributed by atoms with van der Waals surface area (Å²) >= 11 is 0. The minimum absolute atomic E-state index is 1.20. The average molecular weight is 694 g/mol. The number of fused-ring (bicyclic) bond motifs is 3. The van der Waals surface area contributed by atoms with Gasteiger partial charge in [-0.25, -0.2) is 0 Å². The van der Waals surface area contributed by atoms with Gasteiger partial charge in [-0.1, -0.05) is 181 Å². The van der Waals surface area contributed by atoms with Crippen molar-refractivity contribution in [3.63, 3.8) is 0 Å². The molecule has 1 heterocycles. The molecule has 1 aromatic heterocycles. The van der Waals surface area contributed by atoms with E-state index in [-0.39, 0.29) is 0 Å². The largest absolute Gasteiger partial charge is 0.308 e. The summed E-state index contributed by atoms with van der Waals surface area (Å²) in [6.45, 7) is 9.55. The van der Waals surface area contributed by atoms with E-state index in [0.717, 1.165) is 0 Å². The first kappa shape index (κ1) is 34.4. The maximum atomic E-state index is 3.36. The van der Waals surface area contributed by atoms with Crippen LogP contribution in [0.15, 0.2) is 201 Å². The van der Waals surface area contributed by atoms with Crippen LogP contribution in [0.4, 0.5) is 0 Å². The van der Waals surface area contributed by atoms with Crippen LogP contribution < -0.4 is 0 Å². The smallest absolute Gasteiger partial charge is 0.0618 e. The Labute approximate surface area is 319 Å². The zero-order valence-electron chi connectivity index (χ0n) is 31.1. The third kappa shape index (κ3) is 6.69. The first-order chi connectivity index (χ1) is 26.5. The third-order valence-corrected chi connectivity index (χ3v) is 10.2. The van der Waals surface area contributed by atoms with Gasteiger partial charge in [-0.3, -0.25) is 0 Å². The van der Waals surface area contributed by atoms with Crippen LogP contribution in [0.5, 0.6) is 0 Å². The highest BCUT2D eigenvalue weighted by atomic mass is 15.0. The van der Waals surface area contributed by atoms with E-state index in [1.54, 1.807) is 6.08 Å². The molecule has 54 heavy (non-hydrogen) atoms. The zero-order valence-corrected chi connectivity index (χ0v) is 31.1. The molecule has 9 rings (SSSR count). The van der Waals surface area contributed by atoms with Gasteiger partial charge in [0.2, 0.25) is 0 Å². The van der Waals surface area contributed by atoms with Crippen LogP contribution in [-0.4, -0.2) is 4.57 Å². The molecule has 1 heteroatoms. The van der Waals surface area contributed by atoms with Gasteiger partial charge in [0, 0.05) is 21.9 Å². The predicted molar refractivity (Wildman–Crippen MR) is 233 cm³/mol. The SMILES string of the molecule is C=CC.Cc1ccc(-c2cccc(-c3ccc(C)cc3)c2-n2c3ccccc3c3cc(-c4ccc(-c5cccc(-c6ccccc6)c5)cc4)ccc32)cc1. The molecule has 0 aliphatic rings. The second-order valence-corrected chi connectivity index (χ2v) is 14.0. The summed E-state index contributed by atoms with van der Waals surface area (Å²) in [4.78, 5) is 0. The normalized spacial score (nSPS) is 10.9. The molecule has 0 unspecified atom stereocenters. The molecule has 0 radical (unpaired) electrons. The molecule has 0 saturated heterocycles. The Morgan fingerprint density at radius 3 is 1.35 bits per heavy atom. The lowest BCUT2D eigenvalue weighted by molar-refractivity contribution is 1.18. The van der Waals surface area contributed by atoms with Gasteiger partial charge in [-0.2, -0.15) is 0 Å². The number of aromatic nitrogens is 1. The Morgan fingerprint density at radius 1 is 0.370 bits per heavy atom. The van der Waals surface area contributed by atoms with E-state index in [0.29, 0.717) is 0 Å². The van der Waals surface area contributed by atoms with Crippen LogP contribution in [-0.2, 0) is 0 Å². The topological polar surface area (TPSA) is 4.93 Å². The molecule has 0 atom stereocenters. The minimum atomic E-state index is 1.20. The highest BCUT2D eigenvalue weighted by Crippen LogP contribution is 2.42. The van der Waals surface area contributed by atoms with Gasteiger partial charge in [0.1, 0.15) is 0 Å². The highest BCUT2D eigenvalue weighted by Gasteiger charge is 2.20. The summed E-state index contributed by atoms with van der Waals surface area (Å²) < 4.78 is 2.49. The van der Waals surface area contributed by atoms with Crippen LogP contribution in [0.2, 0.25) is 0 Å². The molecule has 0 fully saturated rings. The van der Waals surface area contributed by atoms with Gasteiger partial charge in [0.15, 0.2) is 0 Å².